The number of benzene rings is 2. The Morgan fingerprint density at radius 2 is 2.00 bits per heavy atom. The molecule has 3 aromatic rings. The number of amides is 2. The number of carbonyl (C=O) groups excluding carboxylic acids is 2. The predicted molar refractivity (Wildman–Crippen MR) is 118 cm³/mol. The van der Waals surface area contributed by atoms with Gasteiger partial charge in [-0.3, -0.25) is 19.0 Å². The minimum Gasteiger partial charge on any atom is -0.324 e. The zero-order valence-electron chi connectivity index (χ0n) is 17.1. The van der Waals surface area contributed by atoms with Crippen LogP contribution in [0.15, 0.2) is 47.5 Å². The Bertz CT molecular complexity index is 1240. The van der Waals surface area contributed by atoms with Gasteiger partial charge in [0.1, 0.15) is 18.4 Å². The van der Waals surface area contributed by atoms with Gasteiger partial charge in [-0.2, -0.15) is 0 Å². The highest BCUT2D eigenvalue weighted by Crippen LogP contribution is 2.23. The third-order valence-corrected chi connectivity index (χ3v) is 6.38. The summed E-state index contributed by atoms with van der Waals surface area (Å²) in [6.45, 7) is 3.69. The Hall–Kier alpha value is -3.20. The topological polar surface area (TPSA) is 84.3 Å². The number of aromatic nitrogens is 2. The van der Waals surface area contributed by atoms with E-state index in [1.54, 1.807) is 0 Å². The van der Waals surface area contributed by atoms with Crippen molar-refractivity contribution in [1.82, 2.24) is 14.5 Å². The van der Waals surface area contributed by atoms with Gasteiger partial charge in [0.15, 0.2) is 0 Å². The van der Waals surface area contributed by atoms with E-state index in [4.69, 9.17) is 0 Å². The number of nitrogens with zero attached hydrogens (tertiary/aromatic N) is 3. The maximum absolute atomic E-state index is 13.5. The van der Waals surface area contributed by atoms with Crippen molar-refractivity contribution < 1.29 is 14.0 Å². The summed E-state index contributed by atoms with van der Waals surface area (Å²) in [5.74, 6) is -0.362. The van der Waals surface area contributed by atoms with Crippen LogP contribution in [-0.2, 0) is 16.1 Å². The van der Waals surface area contributed by atoms with Crippen LogP contribution >= 0.6 is 11.8 Å². The van der Waals surface area contributed by atoms with E-state index in [0.717, 1.165) is 21.8 Å². The number of fused-ring (bicyclic) bond motifs is 1. The van der Waals surface area contributed by atoms with Crippen molar-refractivity contribution in [3.63, 3.8) is 0 Å². The lowest BCUT2D eigenvalue weighted by molar-refractivity contribution is -0.136. The fourth-order valence-corrected chi connectivity index (χ4v) is 4.61. The Morgan fingerprint density at radius 1 is 1.19 bits per heavy atom. The van der Waals surface area contributed by atoms with Gasteiger partial charge in [0.25, 0.3) is 5.56 Å². The van der Waals surface area contributed by atoms with Gasteiger partial charge in [-0.25, -0.2) is 9.37 Å². The molecule has 31 heavy (non-hydrogen) atoms. The molecule has 0 saturated carbocycles. The Balaban J connectivity index is 1.51. The summed E-state index contributed by atoms with van der Waals surface area (Å²) < 4.78 is 14.7. The number of halogens is 1. The molecule has 4 rings (SSSR count). The zero-order chi connectivity index (χ0) is 22.1. The van der Waals surface area contributed by atoms with Gasteiger partial charge in [0.05, 0.1) is 23.1 Å². The average Bonchev–Trinajstić information content (AvgIpc) is 3.23. The Labute approximate surface area is 182 Å². The van der Waals surface area contributed by atoms with Crippen molar-refractivity contribution in [1.29, 1.82) is 0 Å². The molecule has 9 heteroatoms. The number of nitrogens with one attached hydrogen (secondary N) is 1. The molecule has 1 fully saturated rings. The van der Waals surface area contributed by atoms with Crippen molar-refractivity contribution in [2.45, 2.75) is 26.4 Å². The molecule has 1 N–H and O–H groups in total. The molecule has 2 aromatic carbocycles. The summed E-state index contributed by atoms with van der Waals surface area (Å²) in [6.07, 6.45) is 1.27. The highest BCUT2D eigenvalue weighted by molar-refractivity contribution is 7.99. The highest BCUT2D eigenvalue weighted by atomic mass is 32.2. The van der Waals surface area contributed by atoms with Crippen molar-refractivity contribution >= 4 is 40.2 Å². The minimum atomic E-state index is -0.638. The van der Waals surface area contributed by atoms with Crippen molar-refractivity contribution in [2.24, 2.45) is 0 Å². The molecule has 1 atom stereocenters. The van der Waals surface area contributed by atoms with Crippen molar-refractivity contribution in [3.05, 3.63) is 70.0 Å². The first kappa shape index (κ1) is 21.0. The quantitative estimate of drug-likeness (QED) is 0.674. The van der Waals surface area contributed by atoms with Gasteiger partial charge >= 0.3 is 0 Å². The van der Waals surface area contributed by atoms with Gasteiger partial charge in [0.2, 0.25) is 11.8 Å². The van der Waals surface area contributed by atoms with Crippen LogP contribution in [0, 0.1) is 19.7 Å². The molecule has 0 spiro atoms. The first-order chi connectivity index (χ1) is 14.8. The van der Waals surface area contributed by atoms with Gasteiger partial charge in [-0.1, -0.05) is 6.07 Å². The molecule has 1 aromatic heterocycles. The van der Waals surface area contributed by atoms with E-state index in [1.165, 1.54) is 35.1 Å². The smallest absolute Gasteiger partial charge is 0.261 e. The van der Waals surface area contributed by atoms with Crippen LogP contribution in [0.25, 0.3) is 10.9 Å². The van der Waals surface area contributed by atoms with Gasteiger partial charge < -0.3 is 10.2 Å². The van der Waals surface area contributed by atoms with Crippen LogP contribution in [0.4, 0.5) is 10.1 Å². The first-order valence-corrected chi connectivity index (χ1v) is 10.9. The number of aryl methyl sites for hydroxylation is 2. The van der Waals surface area contributed by atoms with E-state index in [9.17, 15) is 18.8 Å². The summed E-state index contributed by atoms with van der Waals surface area (Å²) in [7, 11) is 0. The lowest BCUT2D eigenvalue weighted by Gasteiger charge is -2.23. The van der Waals surface area contributed by atoms with Gasteiger partial charge in [0, 0.05) is 11.4 Å². The molecule has 1 aliphatic rings. The molecule has 2 heterocycles. The lowest BCUT2D eigenvalue weighted by atomic mass is 10.1. The minimum absolute atomic E-state index is 0.107. The second-order valence-corrected chi connectivity index (χ2v) is 8.51. The number of carbonyl (C=O) groups is 2. The molecule has 7 nitrogen and oxygen atoms in total. The molecule has 0 bridgehead atoms. The first-order valence-electron chi connectivity index (χ1n) is 9.73. The molecule has 0 aliphatic carbocycles. The standard InChI is InChI=1S/C22H21FN4O3S/c1-13-3-5-16(7-14(13)2)25-21(29)19-10-31-12-27(19)20(28)9-26-11-24-18-6-4-15(23)8-17(18)22(26)30/h3-8,11,19H,9-10,12H2,1-2H3,(H,25,29). The molecule has 1 saturated heterocycles. The van der Waals surface area contributed by atoms with Crippen LogP contribution < -0.4 is 10.9 Å². The average molecular weight is 441 g/mol. The maximum Gasteiger partial charge on any atom is 0.261 e. The van der Waals surface area contributed by atoms with E-state index in [0.29, 0.717) is 22.8 Å². The van der Waals surface area contributed by atoms with Crippen molar-refractivity contribution in [3.8, 4) is 0 Å². The molecule has 160 valence electrons. The van der Waals surface area contributed by atoms with Gasteiger partial charge in [-0.15, -0.1) is 11.8 Å². The SMILES string of the molecule is Cc1ccc(NC(=O)C2CSCN2C(=O)Cn2cnc3ccc(F)cc3c2=O)cc1C. The maximum atomic E-state index is 13.5. The molecule has 2 amide bonds. The number of rotatable bonds is 4. The van der Waals surface area contributed by atoms with Crippen LogP contribution in [0.2, 0.25) is 0 Å². The summed E-state index contributed by atoms with van der Waals surface area (Å²) >= 11 is 1.47. The fraction of sp³-hybridized carbons (Fsp3) is 0.273. The number of hydrogen-bond acceptors (Lipinski definition) is 5. The van der Waals surface area contributed by atoms with Crippen LogP contribution in [-0.4, -0.2) is 43.9 Å². The number of anilines is 1. The van der Waals surface area contributed by atoms with E-state index in [2.05, 4.69) is 10.3 Å². The lowest BCUT2D eigenvalue weighted by Crippen LogP contribution is -2.46. The van der Waals surface area contributed by atoms with E-state index < -0.39 is 17.4 Å². The molecular weight excluding hydrogens is 419 g/mol. The van der Waals surface area contributed by atoms with Crippen LogP contribution in [0.1, 0.15) is 11.1 Å². The molecule has 0 radical (unpaired) electrons. The van der Waals surface area contributed by atoms with E-state index >= 15 is 0 Å². The van der Waals surface area contributed by atoms with E-state index in [1.807, 2.05) is 32.0 Å². The highest BCUT2D eigenvalue weighted by Gasteiger charge is 2.34. The normalized spacial score (nSPS) is 16.0. The number of thioether (sulfide) groups is 1. The van der Waals surface area contributed by atoms with Crippen LogP contribution in [0.5, 0.6) is 0 Å². The monoisotopic (exact) mass is 440 g/mol. The Kier molecular flexibility index (Phi) is 5.77. The summed E-state index contributed by atoms with van der Waals surface area (Å²) in [5, 5.41) is 2.98. The molecular formula is C22H21FN4O3S. The van der Waals surface area contributed by atoms with E-state index in [-0.39, 0.29) is 23.7 Å². The molecule has 1 unspecified atom stereocenters. The largest absolute Gasteiger partial charge is 0.324 e. The third kappa shape index (κ3) is 4.32. The summed E-state index contributed by atoms with van der Waals surface area (Å²) in [4.78, 5) is 44.0. The Morgan fingerprint density at radius 3 is 2.77 bits per heavy atom. The summed E-state index contributed by atoms with van der Waals surface area (Å²) in [5.41, 5.74) is 2.72. The third-order valence-electron chi connectivity index (χ3n) is 5.37. The second kappa shape index (κ2) is 8.50. The van der Waals surface area contributed by atoms with Crippen LogP contribution in [0.3, 0.4) is 0 Å². The zero-order valence-corrected chi connectivity index (χ0v) is 17.9. The second-order valence-electron chi connectivity index (χ2n) is 7.51. The molecule has 1 aliphatic heterocycles. The predicted octanol–water partition coefficient (Wildman–Crippen LogP) is 2.69. The van der Waals surface area contributed by atoms with Gasteiger partial charge in [-0.05, 0) is 55.3 Å². The summed E-state index contributed by atoms with van der Waals surface area (Å²) in [6, 6.07) is 8.76. The number of hydrogen-bond donors (Lipinski definition) is 1. The fourth-order valence-electron chi connectivity index (χ4n) is 3.43. The van der Waals surface area contributed by atoms with Crippen molar-refractivity contribution in [2.75, 3.05) is 16.9 Å².